The van der Waals surface area contributed by atoms with Crippen LogP contribution in [0.2, 0.25) is 0 Å². The number of benzene rings is 4. The van der Waals surface area contributed by atoms with Gasteiger partial charge in [-0.25, -0.2) is 9.59 Å². The Morgan fingerprint density at radius 3 is 1.21 bits per heavy atom. The van der Waals surface area contributed by atoms with Crippen molar-refractivity contribution in [3.63, 3.8) is 0 Å². The van der Waals surface area contributed by atoms with Gasteiger partial charge in [0.25, 0.3) is 0 Å². The quantitative estimate of drug-likeness (QED) is 0.120. The highest BCUT2D eigenvalue weighted by Gasteiger charge is 2.51. The first-order valence-corrected chi connectivity index (χ1v) is 31.5. The fourth-order valence-corrected chi connectivity index (χ4v) is 15.9. The van der Waals surface area contributed by atoms with Crippen LogP contribution in [-0.2, 0) is 49.7 Å². The second kappa shape index (κ2) is 28.1. The van der Waals surface area contributed by atoms with Crippen LogP contribution in [0.1, 0.15) is 119 Å². The number of anilines is 1. The number of carbonyl (C=O) groups excluding carboxylic acids is 5. The number of rotatable bonds is 13. The molecular formula is C62H75N5O11S3. The lowest BCUT2D eigenvalue weighted by Gasteiger charge is -2.40. The predicted molar refractivity (Wildman–Crippen MR) is 317 cm³/mol. The first-order chi connectivity index (χ1) is 39.3. The molecule has 0 radical (unpaired) electrons. The van der Waals surface area contributed by atoms with Crippen molar-refractivity contribution < 1.29 is 52.8 Å². The van der Waals surface area contributed by atoms with Crippen LogP contribution in [0.25, 0.3) is 0 Å². The molecule has 4 amide bonds. The van der Waals surface area contributed by atoms with Crippen LogP contribution in [0.5, 0.6) is 17.2 Å². The van der Waals surface area contributed by atoms with E-state index in [2.05, 4.69) is 11.4 Å². The van der Waals surface area contributed by atoms with Crippen molar-refractivity contribution in [3.05, 3.63) is 119 Å². The van der Waals surface area contributed by atoms with E-state index in [-0.39, 0.29) is 29.6 Å². The second-order valence-corrected chi connectivity index (χ2v) is 24.5. The van der Waals surface area contributed by atoms with Gasteiger partial charge in [-0.1, -0.05) is 106 Å². The maximum atomic E-state index is 14.0. The molecule has 4 aromatic carbocycles. The van der Waals surface area contributed by atoms with Crippen molar-refractivity contribution in [2.24, 2.45) is 0 Å². The highest BCUT2D eigenvalue weighted by molar-refractivity contribution is 8.00. The van der Waals surface area contributed by atoms with Gasteiger partial charge in [0.2, 0.25) is 23.6 Å². The summed E-state index contributed by atoms with van der Waals surface area (Å²) in [6, 6.07) is 30.6. The van der Waals surface area contributed by atoms with Crippen molar-refractivity contribution >= 4 is 76.5 Å². The Kier molecular flexibility index (Phi) is 21.1. The molecule has 0 unspecified atom stereocenters. The number of nitrogens with one attached hydrogen (secondary N) is 1. The smallest absolute Gasteiger partial charge is 0.329 e. The predicted octanol–water partition coefficient (Wildman–Crippen LogP) is 10.2. The maximum absolute atomic E-state index is 14.0. The van der Waals surface area contributed by atoms with E-state index in [0.717, 1.165) is 130 Å². The molecular weight excluding hydrogens is 1090 g/mol. The number of nitriles is 1. The van der Waals surface area contributed by atoms with Crippen LogP contribution in [0.15, 0.2) is 97.1 Å². The molecule has 3 aliphatic heterocycles. The molecule has 0 spiro atoms. The number of amides is 4. The normalized spacial score (nSPS) is 21.6. The molecule has 0 bridgehead atoms. The summed E-state index contributed by atoms with van der Waals surface area (Å²) >= 11 is 4.72. The third kappa shape index (κ3) is 13.3. The number of aliphatic carboxylic acids is 1. The third-order valence-corrected chi connectivity index (χ3v) is 20.1. The number of carbonyl (C=O) groups is 6. The van der Waals surface area contributed by atoms with E-state index < -0.39 is 40.3 Å². The van der Waals surface area contributed by atoms with E-state index in [1.165, 1.54) is 18.9 Å². The van der Waals surface area contributed by atoms with E-state index in [4.69, 9.17) is 18.9 Å². The fraction of sp³-hybridized carbons (Fsp3) is 0.500. The van der Waals surface area contributed by atoms with Gasteiger partial charge < -0.3 is 44.1 Å². The number of hydrogen-bond donors (Lipinski definition) is 2. The minimum absolute atomic E-state index is 0.0234. The van der Waals surface area contributed by atoms with Crippen LogP contribution in [0.4, 0.5) is 5.69 Å². The van der Waals surface area contributed by atoms with Gasteiger partial charge in [-0.15, -0.1) is 35.3 Å². The fourth-order valence-electron chi connectivity index (χ4n) is 12.5. The van der Waals surface area contributed by atoms with E-state index in [9.17, 15) is 39.1 Å². The topological polar surface area (TPSA) is 205 Å². The summed E-state index contributed by atoms with van der Waals surface area (Å²) in [6.07, 6.45) is 14.2. The Labute approximate surface area is 488 Å². The highest BCUT2D eigenvalue weighted by Crippen LogP contribution is 2.46. The lowest BCUT2D eigenvalue weighted by Crippen LogP contribution is -2.53. The molecule has 3 heterocycles. The summed E-state index contributed by atoms with van der Waals surface area (Å²) < 4.78 is 20.7. The number of methoxy groups -OCH3 is 4. The molecule has 4 aromatic rings. The van der Waals surface area contributed by atoms with Gasteiger partial charge in [0.1, 0.15) is 41.4 Å². The lowest BCUT2D eigenvalue weighted by atomic mass is 9.68. The van der Waals surface area contributed by atoms with Crippen LogP contribution < -0.4 is 19.5 Å². The zero-order valence-corrected chi connectivity index (χ0v) is 49.3. The minimum atomic E-state index is -0.908. The molecule has 6 aliphatic rings. The molecule has 10 rings (SSSR count). The monoisotopic (exact) mass is 1160 g/mol. The molecule has 19 heteroatoms. The van der Waals surface area contributed by atoms with Gasteiger partial charge in [0.05, 0.1) is 73.6 Å². The van der Waals surface area contributed by atoms with Crippen LogP contribution in [0.3, 0.4) is 0 Å². The molecule has 3 aliphatic carbocycles. The summed E-state index contributed by atoms with van der Waals surface area (Å²) in [6.45, 7) is 0. The summed E-state index contributed by atoms with van der Waals surface area (Å²) in [5, 5.41) is 21.6. The third-order valence-electron chi connectivity index (χ3n) is 17.1. The number of carboxylic acids is 1. The first-order valence-electron chi connectivity index (χ1n) is 28.0. The molecule has 6 fully saturated rings. The maximum Gasteiger partial charge on any atom is 0.329 e. The zero-order chi connectivity index (χ0) is 57.6. The Morgan fingerprint density at radius 1 is 0.506 bits per heavy atom. The number of para-hydroxylation sites is 1. The van der Waals surface area contributed by atoms with E-state index >= 15 is 0 Å². The van der Waals surface area contributed by atoms with E-state index in [1.54, 1.807) is 83.8 Å². The number of ether oxygens (including phenoxy) is 4. The summed E-state index contributed by atoms with van der Waals surface area (Å²) in [5.74, 6) is 4.05. The Hall–Kier alpha value is -6.36. The van der Waals surface area contributed by atoms with Crippen molar-refractivity contribution in [1.82, 2.24) is 14.7 Å². The number of nitrogens with zero attached hydrogens (tertiary/aromatic N) is 4. The summed E-state index contributed by atoms with van der Waals surface area (Å²) in [4.78, 5) is 82.8. The molecule has 16 nitrogen and oxygen atoms in total. The SMILES string of the molecule is COC(=O)[C@H]1CSCN1C(=O)C1(c2ccc(OC)cc2)CCCCC1.COc1ccc(C2(C(=O)N3CSC[C@@H]3C(=O)Nc3ccccc3C#N)CCCCC2)cc1.COc1ccc(C2(C(=O)N3CSC[C@@H]3C(=O)O)CCCCC2)cc1. The molecule has 0 aromatic heterocycles. The van der Waals surface area contributed by atoms with Crippen molar-refractivity contribution in [1.29, 1.82) is 5.26 Å². The lowest BCUT2D eigenvalue weighted by molar-refractivity contribution is -0.153. The van der Waals surface area contributed by atoms with Crippen molar-refractivity contribution in [2.75, 3.05) is 68.6 Å². The average molecular weight is 1160 g/mol. The highest BCUT2D eigenvalue weighted by atomic mass is 32.2. The van der Waals surface area contributed by atoms with Crippen LogP contribution in [-0.4, -0.2) is 137 Å². The summed E-state index contributed by atoms with van der Waals surface area (Å²) in [5.41, 5.74) is 2.14. The number of thioether (sulfide) groups is 3. The largest absolute Gasteiger partial charge is 0.497 e. The number of carboxylic acid groups (broad SMARTS) is 1. The first kappa shape index (κ1) is 60.7. The molecule has 81 heavy (non-hydrogen) atoms. The Bertz CT molecular complexity index is 2860. The molecule has 2 N–H and O–H groups in total. The van der Waals surface area contributed by atoms with Gasteiger partial charge in [0.15, 0.2) is 0 Å². The van der Waals surface area contributed by atoms with Gasteiger partial charge in [-0.2, -0.15) is 5.26 Å². The van der Waals surface area contributed by atoms with E-state index in [0.29, 0.717) is 46.1 Å². The molecule has 432 valence electrons. The van der Waals surface area contributed by atoms with Crippen molar-refractivity contribution in [2.45, 2.75) is 131 Å². The molecule has 3 atom stereocenters. The van der Waals surface area contributed by atoms with Gasteiger partial charge >= 0.3 is 11.9 Å². The molecule has 3 saturated carbocycles. The zero-order valence-electron chi connectivity index (χ0n) is 46.9. The summed E-state index contributed by atoms with van der Waals surface area (Å²) in [7, 11) is 6.27. The second-order valence-electron chi connectivity index (χ2n) is 21.5. The van der Waals surface area contributed by atoms with Gasteiger partial charge in [-0.05, 0) is 104 Å². The van der Waals surface area contributed by atoms with Crippen LogP contribution >= 0.6 is 35.3 Å². The number of esters is 1. The minimum Gasteiger partial charge on any atom is -0.497 e. The van der Waals surface area contributed by atoms with Gasteiger partial charge in [-0.3, -0.25) is 19.2 Å². The van der Waals surface area contributed by atoms with Crippen molar-refractivity contribution in [3.8, 4) is 23.3 Å². The standard InChI is InChI=1S/C25H27N3O3S.C19H25NO4S.C18H23NO4S/c1-31-20-11-9-19(10-12-20)25(13-5-2-6-14-25)24(30)28-17-32-16-22(28)23(29)27-21-8-4-3-7-18(21)15-26;1-23-15-8-6-14(7-9-15)19(10-4-3-5-11-19)18(22)20-13-25-12-16(20)17(21)24-2;1-23-14-7-5-13(6-8-14)18(9-3-2-4-10-18)17(22)19-12-24-11-15(19)16(20)21/h3-4,7-12,22H,2,5-6,13-14,16-17H2,1H3,(H,27,29);6-9,16H,3-5,10-13H2,1-2H3;5-8,15H,2-4,9-12H2,1H3,(H,20,21)/t22-;16-;15-/m111/s1. The average Bonchev–Trinajstić information content (AvgIpc) is 4.41. The number of hydrogen-bond acceptors (Lipinski definition) is 14. The van der Waals surface area contributed by atoms with Gasteiger partial charge in [0, 0.05) is 17.3 Å². The Morgan fingerprint density at radius 2 is 0.852 bits per heavy atom. The molecule has 3 saturated heterocycles. The Balaban J connectivity index is 0.000000162. The van der Waals surface area contributed by atoms with Crippen LogP contribution in [0, 0.1) is 11.3 Å². The van der Waals surface area contributed by atoms with E-state index in [1.807, 2.05) is 72.8 Å².